The number of hydrogen-bond acceptors (Lipinski definition) is 4. The van der Waals surface area contributed by atoms with Gasteiger partial charge < -0.3 is 9.88 Å². The Morgan fingerprint density at radius 2 is 1.90 bits per heavy atom. The number of rotatable bonds is 6. The second kappa shape index (κ2) is 8.99. The molecule has 2 aromatic carbocycles. The van der Waals surface area contributed by atoms with Gasteiger partial charge in [-0.25, -0.2) is 0 Å². The fraction of sp³-hybridized carbons (Fsp3) is 0.435. The van der Waals surface area contributed by atoms with Crippen LogP contribution in [0, 0.1) is 0 Å². The molecule has 1 saturated carbocycles. The number of nitrogens with one attached hydrogen (secondary N) is 1. The normalized spacial score (nSPS) is 16.1. The van der Waals surface area contributed by atoms with Gasteiger partial charge in [-0.05, 0) is 38.1 Å². The highest BCUT2D eigenvalue weighted by molar-refractivity contribution is 8.00. The Kier molecular flexibility index (Phi) is 6.19. The number of benzene rings is 2. The molecular weight excluding hydrogens is 380 g/mol. The second-order valence-electron chi connectivity index (χ2n) is 7.70. The number of fused-ring (bicyclic) bond motifs is 1. The molecule has 1 unspecified atom stereocenters. The Morgan fingerprint density at radius 1 is 1.14 bits per heavy atom. The Morgan fingerprint density at radius 3 is 2.69 bits per heavy atom. The summed E-state index contributed by atoms with van der Waals surface area (Å²) in [5, 5.41) is 14.8. The van der Waals surface area contributed by atoms with Crippen LogP contribution in [0.15, 0.2) is 47.6 Å². The highest BCUT2D eigenvalue weighted by Crippen LogP contribution is 2.34. The van der Waals surface area contributed by atoms with Crippen LogP contribution < -0.4 is 5.32 Å². The van der Waals surface area contributed by atoms with E-state index in [1.54, 1.807) is 0 Å². The van der Waals surface area contributed by atoms with E-state index < -0.39 is 0 Å². The fourth-order valence-electron chi connectivity index (χ4n) is 4.13. The molecule has 1 aliphatic carbocycles. The Hall–Kier alpha value is -2.34. The van der Waals surface area contributed by atoms with Crippen LogP contribution in [0.25, 0.3) is 10.8 Å². The van der Waals surface area contributed by atoms with Crippen LogP contribution in [-0.4, -0.2) is 25.9 Å². The molecule has 0 spiro atoms. The smallest absolute Gasteiger partial charge is 0.237 e. The molecule has 3 aromatic rings. The molecule has 1 atom stereocenters. The van der Waals surface area contributed by atoms with E-state index in [4.69, 9.17) is 0 Å². The lowest BCUT2D eigenvalue weighted by atomic mass is 9.89. The maximum Gasteiger partial charge on any atom is 0.237 e. The van der Waals surface area contributed by atoms with E-state index in [0.29, 0.717) is 5.92 Å². The molecular formula is C23H28N4OS. The summed E-state index contributed by atoms with van der Waals surface area (Å²) >= 11 is 1.49. The van der Waals surface area contributed by atoms with Gasteiger partial charge >= 0.3 is 0 Å². The summed E-state index contributed by atoms with van der Waals surface area (Å²) in [7, 11) is 0. The van der Waals surface area contributed by atoms with Gasteiger partial charge in [-0.2, -0.15) is 0 Å². The van der Waals surface area contributed by atoms with Crippen molar-refractivity contribution in [3.05, 3.63) is 48.3 Å². The first kappa shape index (κ1) is 20.0. The van der Waals surface area contributed by atoms with Gasteiger partial charge in [0.2, 0.25) is 5.91 Å². The van der Waals surface area contributed by atoms with Crippen molar-refractivity contribution in [2.24, 2.45) is 0 Å². The number of anilines is 1. The topological polar surface area (TPSA) is 59.8 Å². The summed E-state index contributed by atoms with van der Waals surface area (Å²) in [6.45, 7) is 4.89. The van der Waals surface area contributed by atoms with Gasteiger partial charge in [-0.3, -0.25) is 4.79 Å². The van der Waals surface area contributed by atoms with Gasteiger partial charge in [0.15, 0.2) is 5.16 Å². The van der Waals surface area contributed by atoms with E-state index >= 15 is 0 Å². The molecule has 0 aliphatic heterocycles. The van der Waals surface area contributed by atoms with Crippen LogP contribution in [0.1, 0.15) is 57.7 Å². The highest BCUT2D eigenvalue weighted by atomic mass is 32.2. The Labute approximate surface area is 176 Å². The number of nitrogens with zero attached hydrogens (tertiary/aromatic N) is 3. The van der Waals surface area contributed by atoms with E-state index in [-0.39, 0.29) is 11.2 Å². The third kappa shape index (κ3) is 4.32. The molecule has 1 aromatic heterocycles. The molecule has 6 heteroatoms. The van der Waals surface area contributed by atoms with Crippen molar-refractivity contribution in [3.63, 3.8) is 0 Å². The van der Waals surface area contributed by atoms with Crippen molar-refractivity contribution in [2.75, 3.05) is 5.32 Å². The van der Waals surface area contributed by atoms with Crippen molar-refractivity contribution in [1.29, 1.82) is 0 Å². The Bertz CT molecular complexity index is 988. The first-order valence-corrected chi connectivity index (χ1v) is 11.4. The van der Waals surface area contributed by atoms with E-state index in [1.807, 2.05) is 37.3 Å². The molecule has 0 radical (unpaired) electrons. The molecule has 4 rings (SSSR count). The van der Waals surface area contributed by atoms with Crippen LogP contribution in [0.4, 0.5) is 5.69 Å². The average molecular weight is 409 g/mol. The third-order valence-corrected chi connectivity index (χ3v) is 6.81. The first-order chi connectivity index (χ1) is 14.2. The van der Waals surface area contributed by atoms with Crippen LogP contribution >= 0.6 is 11.8 Å². The highest BCUT2D eigenvalue weighted by Gasteiger charge is 2.25. The minimum Gasteiger partial charge on any atom is -0.325 e. The standard InChI is InChI=1S/C23H28N4OS/c1-3-27-21(18-11-5-4-6-12-18)25-26-23(27)29-16(2)22(28)24-20-15-9-13-17-10-7-8-14-19(17)20/h7-10,13-16,18H,3-6,11-12H2,1-2H3,(H,24,28). The molecule has 0 saturated heterocycles. The summed E-state index contributed by atoms with van der Waals surface area (Å²) in [4.78, 5) is 12.9. The minimum atomic E-state index is -0.261. The van der Waals surface area contributed by atoms with Gasteiger partial charge in [0.1, 0.15) is 5.82 Å². The van der Waals surface area contributed by atoms with E-state index in [1.165, 1.54) is 43.9 Å². The first-order valence-electron chi connectivity index (χ1n) is 10.6. The second-order valence-corrected chi connectivity index (χ2v) is 9.00. The zero-order valence-corrected chi connectivity index (χ0v) is 17.9. The predicted molar refractivity (Wildman–Crippen MR) is 119 cm³/mol. The average Bonchev–Trinajstić information content (AvgIpc) is 3.17. The lowest BCUT2D eigenvalue weighted by Crippen LogP contribution is -2.23. The van der Waals surface area contributed by atoms with Crippen LogP contribution in [0.5, 0.6) is 0 Å². The number of carbonyl (C=O) groups excluding carboxylic acids is 1. The number of amides is 1. The van der Waals surface area contributed by atoms with Gasteiger partial charge in [-0.15, -0.1) is 10.2 Å². The summed E-state index contributed by atoms with van der Waals surface area (Å²) in [5.74, 6) is 1.58. The third-order valence-electron chi connectivity index (χ3n) is 5.73. The molecule has 1 aliphatic rings. The van der Waals surface area contributed by atoms with Crippen molar-refractivity contribution in [3.8, 4) is 0 Å². The summed E-state index contributed by atoms with van der Waals surface area (Å²) in [5.41, 5.74) is 0.848. The van der Waals surface area contributed by atoms with Crippen molar-refractivity contribution >= 4 is 34.1 Å². The van der Waals surface area contributed by atoms with Crippen LogP contribution in [-0.2, 0) is 11.3 Å². The predicted octanol–water partition coefficient (Wildman–Crippen LogP) is 5.62. The number of thioether (sulfide) groups is 1. The zero-order valence-electron chi connectivity index (χ0n) is 17.1. The van der Waals surface area contributed by atoms with E-state index in [0.717, 1.165) is 34.0 Å². The van der Waals surface area contributed by atoms with Crippen LogP contribution in [0.2, 0.25) is 0 Å². The van der Waals surface area contributed by atoms with Gasteiger partial charge in [0.25, 0.3) is 0 Å². The fourth-order valence-corrected chi connectivity index (χ4v) is 5.05. The summed E-state index contributed by atoms with van der Waals surface area (Å²) in [6, 6.07) is 14.1. The Balaban J connectivity index is 1.48. The number of aromatic nitrogens is 3. The molecule has 1 amide bonds. The van der Waals surface area contributed by atoms with Gasteiger partial charge in [0.05, 0.1) is 5.25 Å². The molecule has 5 nitrogen and oxygen atoms in total. The quantitative estimate of drug-likeness (QED) is 0.538. The SMILES string of the molecule is CCn1c(SC(C)C(=O)Nc2cccc3ccccc23)nnc1C1CCCCC1. The summed E-state index contributed by atoms with van der Waals surface area (Å²) < 4.78 is 2.20. The maximum absolute atomic E-state index is 12.9. The largest absolute Gasteiger partial charge is 0.325 e. The summed E-state index contributed by atoms with van der Waals surface area (Å²) in [6.07, 6.45) is 6.25. The van der Waals surface area contributed by atoms with Crippen molar-refractivity contribution in [2.45, 2.75) is 68.8 Å². The van der Waals surface area contributed by atoms with Gasteiger partial charge in [-0.1, -0.05) is 67.4 Å². The lowest BCUT2D eigenvalue weighted by molar-refractivity contribution is -0.115. The molecule has 29 heavy (non-hydrogen) atoms. The molecule has 1 heterocycles. The monoisotopic (exact) mass is 408 g/mol. The van der Waals surface area contributed by atoms with E-state index in [9.17, 15) is 4.79 Å². The minimum absolute atomic E-state index is 0.0174. The van der Waals surface area contributed by atoms with E-state index in [2.05, 4.69) is 39.1 Å². The molecule has 152 valence electrons. The van der Waals surface area contributed by atoms with Crippen molar-refractivity contribution in [1.82, 2.24) is 14.8 Å². The molecule has 1 fully saturated rings. The number of hydrogen-bond donors (Lipinski definition) is 1. The number of carbonyl (C=O) groups is 1. The lowest BCUT2D eigenvalue weighted by Gasteiger charge is -2.21. The molecule has 0 bridgehead atoms. The molecule has 1 N–H and O–H groups in total. The maximum atomic E-state index is 12.9. The zero-order chi connectivity index (χ0) is 20.2. The van der Waals surface area contributed by atoms with Crippen molar-refractivity contribution < 1.29 is 4.79 Å². The van der Waals surface area contributed by atoms with Crippen LogP contribution in [0.3, 0.4) is 0 Å². The van der Waals surface area contributed by atoms with Gasteiger partial charge in [0, 0.05) is 23.5 Å².